The Morgan fingerprint density at radius 3 is 2.00 bits per heavy atom. The van der Waals surface area contributed by atoms with E-state index >= 15 is 0 Å². The summed E-state index contributed by atoms with van der Waals surface area (Å²) in [7, 11) is -1.71. The molecule has 1 N–H and O–H groups in total. The summed E-state index contributed by atoms with van der Waals surface area (Å²) in [6, 6.07) is 9.14. The molecule has 0 unspecified atom stereocenters. The van der Waals surface area contributed by atoms with Crippen molar-refractivity contribution < 1.29 is 0 Å². The van der Waals surface area contributed by atoms with Crippen LogP contribution in [0.25, 0.3) is 10.9 Å². The average molecular weight is 437 g/mol. The number of hydrogen-bond donors (Lipinski definition) is 1. The van der Waals surface area contributed by atoms with Gasteiger partial charge in [-0.2, -0.15) is 23.5 Å². The number of nitrogens with zero attached hydrogens (tertiary/aromatic N) is 1. The summed E-state index contributed by atoms with van der Waals surface area (Å²) in [6.07, 6.45) is 1.12. The van der Waals surface area contributed by atoms with Crippen LogP contribution in [0.4, 0.5) is 0 Å². The highest BCUT2D eigenvalue weighted by molar-refractivity contribution is 7.99. The van der Waals surface area contributed by atoms with Gasteiger partial charge in [-0.25, -0.2) is 0 Å². The van der Waals surface area contributed by atoms with Crippen LogP contribution >= 0.6 is 23.5 Å². The minimum absolute atomic E-state index is 0.148. The number of rotatable bonds is 11. The molecular weight excluding hydrogens is 396 g/mol. The molecule has 1 aromatic rings. The van der Waals surface area contributed by atoms with Crippen LogP contribution in [0.15, 0.2) is 24.3 Å². The molecule has 5 heteroatoms. The van der Waals surface area contributed by atoms with Crippen LogP contribution < -0.4 is 15.4 Å². The molecule has 0 aliphatic heterocycles. The maximum atomic E-state index is 4.00. The largest absolute Gasteiger partial charge is 0.372 e. The van der Waals surface area contributed by atoms with Gasteiger partial charge in [-0.3, -0.25) is 0 Å². The second kappa shape index (κ2) is 10.6. The first-order valence-corrected chi connectivity index (χ1v) is 16.0. The number of fused-ring (bicyclic) bond motifs is 1. The van der Waals surface area contributed by atoms with Crippen molar-refractivity contribution in [1.82, 2.24) is 9.88 Å². The molecule has 0 aromatic heterocycles. The fourth-order valence-electron chi connectivity index (χ4n) is 4.23. The van der Waals surface area contributed by atoms with E-state index in [0.717, 1.165) is 19.5 Å². The predicted molar refractivity (Wildman–Crippen MR) is 135 cm³/mol. The van der Waals surface area contributed by atoms with E-state index in [1.54, 1.807) is 10.9 Å². The summed E-state index contributed by atoms with van der Waals surface area (Å²) in [4.78, 5) is 6.70. The molecule has 0 atom stereocenters. The highest BCUT2D eigenvalue weighted by Gasteiger charge is 2.34. The van der Waals surface area contributed by atoms with Crippen LogP contribution in [0, 0.1) is 0 Å². The van der Waals surface area contributed by atoms with Crippen molar-refractivity contribution in [2.45, 2.75) is 59.7 Å². The van der Waals surface area contributed by atoms with Crippen LogP contribution in [0.5, 0.6) is 0 Å². The third kappa shape index (κ3) is 6.58. The lowest BCUT2D eigenvalue weighted by Gasteiger charge is -2.35. The van der Waals surface area contributed by atoms with Crippen molar-refractivity contribution in [3.8, 4) is 0 Å². The fourth-order valence-corrected chi connectivity index (χ4v) is 9.03. The SMILES string of the molecule is CCSCCN(CCSCC)C1=c2ccccc2=C([Si](C)(C)NC(C)(C)C)C1. The lowest BCUT2D eigenvalue weighted by atomic mass is 10.1. The third-order valence-corrected chi connectivity index (χ3v) is 10.2. The number of hydrogen-bond acceptors (Lipinski definition) is 4. The number of benzene rings is 1. The molecule has 1 aliphatic rings. The topological polar surface area (TPSA) is 15.3 Å². The molecule has 0 amide bonds. The Balaban J connectivity index is 2.41. The Kier molecular flexibility index (Phi) is 9.05. The Bertz CT molecular complexity index is 743. The van der Waals surface area contributed by atoms with Crippen molar-refractivity contribution in [2.24, 2.45) is 0 Å². The molecule has 0 saturated carbocycles. The summed E-state index contributed by atoms with van der Waals surface area (Å²) in [5.74, 6) is 4.84. The van der Waals surface area contributed by atoms with E-state index in [2.05, 4.69) is 105 Å². The molecule has 28 heavy (non-hydrogen) atoms. The average Bonchev–Trinajstić information content (AvgIpc) is 2.99. The zero-order valence-electron chi connectivity index (χ0n) is 19.0. The summed E-state index contributed by atoms with van der Waals surface area (Å²) < 4.78 is 0. The van der Waals surface area contributed by atoms with E-state index in [9.17, 15) is 0 Å². The van der Waals surface area contributed by atoms with E-state index in [1.807, 2.05) is 0 Å². The van der Waals surface area contributed by atoms with Gasteiger partial charge >= 0.3 is 0 Å². The van der Waals surface area contributed by atoms with E-state index in [0.29, 0.717) is 0 Å². The summed E-state index contributed by atoms with van der Waals surface area (Å²) in [5, 5.41) is 4.66. The van der Waals surface area contributed by atoms with Crippen molar-refractivity contribution in [3.63, 3.8) is 0 Å². The molecule has 0 saturated heterocycles. The molecule has 0 bridgehead atoms. The number of nitrogens with one attached hydrogen (secondary N) is 1. The highest BCUT2D eigenvalue weighted by atomic mass is 32.2. The standard InChI is InChI=1S/C23H40N2S2Si/c1-8-26-16-14-25(15-17-27-9-2)21-18-22(20-13-11-10-12-19(20)21)28(6,7)24-23(3,4)5/h10-13,24H,8-9,14-18H2,1-7H3. The first kappa shape index (κ1) is 23.9. The first-order chi connectivity index (χ1) is 13.2. The molecule has 0 spiro atoms. The normalized spacial score (nSPS) is 14.5. The summed E-state index contributed by atoms with van der Waals surface area (Å²) in [6.45, 7) is 18.7. The van der Waals surface area contributed by atoms with Crippen molar-refractivity contribution in [2.75, 3.05) is 36.1 Å². The fraction of sp³-hybridized carbons (Fsp3) is 0.652. The van der Waals surface area contributed by atoms with Gasteiger partial charge in [-0.1, -0.05) is 56.4 Å². The maximum Gasteiger partial charge on any atom is 0.148 e. The Hall–Kier alpha value is -0.363. The molecular formula is C23H40N2S2Si. The zero-order valence-corrected chi connectivity index (χ0v) is 21.7. The monoisotopic (exact) mass is 436 g/mol. The molecule has 0 fully saturated rings. The van der Waals surface area contributed by atoms with Gasteiger partial charge in [0.05, 0.1) is 0 Å². The minimum Gasteiger partial charge on any atom is -0.372 e. The van der Waals surface area contributed by atoms with Gasteiger partial charge < -0.3 is 9.88 Å². The molecule has 1 aliphatic carbocycles. The molecule has 2 nitrogen and oxygen atoms in total. The van der Waals surface area contributed by atoms with Gasteiger partial charge in [0.1, 0.15) is 8.24 Å². The van der Waals surface area contributed by atoms with E-state index in [-0.39, 0.29) is 5.54 Å². The third-order valence-electron chi connectivity index (χ3n) is 5.15. The second-order valence-electron chi connectivity index (χ2n) is 9.03. The molecule has 0 radical (unpaired) electrons. The molecule has 1 aromatic carbocycles. The highest BCUT2D eigenvalue weighted by Crippen LogP contribution is 2.27. The van der Waals surface area contributed by atoms with Crippen molar-refractivity contribution >= 4 is 42.7 Å². The van der Waals surface area contributed by atoms with Crippen LogP contribution in [0.2, 0.25) is 13.1 Å². The van der Waals surface area contributed by atoms with E-state index < -0.39 is 8.24 Å². The summed E-state index contributed by atoms with van der Waals surface area (Å²) in [5.41, 5.74) is 1.71. The maximum absolute atomic E-state index is 4.00. The molecule has 2 rings (SSSR count). The van der Waals surface area contributed by atoms with Gasteiger partial charge in [0.25, 0.3) is 0 Å². The van der Waals surface area contributed by atoms with Gasteiger partial charge in [-0.05, 0) is 37.5 Å². The molecule has 158 valence electrons. The van der Waals surface area contributed by atoms with Gasteiger partial charge in [0.15, 0.2) is 0 Å². The predicted octanol–water partition coefficient (Wildman–Crippen LogP) is 4.29. The lowest BCUT2D eigenvalue weighted by Crippen LogP contribution is -2.56. The van der Waals surface area contributed by atoms with E-state index in [1.165, 1.54) is 33.4 Å². The van der Waals surface area contributed by atoms with Crippen LogP contribution in [0.1, 0.15) is 41.0 Å². The minimum atomic E-state index is -1.71. The quantitative estimate of drug-likeness (QED) is 0.411. The van der Waals surface area contributed by atoms with Gasteiger partial charge in [0.2, 0.25) is 0 Å². The zero-order chi connectivity index (χ0) is 20.8. The second-order valence-corrected chi connectivity index (χ2v) is 15.9. The smallest absolute Gasteiger partial charge is 0.148 e. The van der Waals surface area contributed by atoms with Crippen LogP contribution in [-0.2, 0) is 0 Å². The lowest BCUT2D eigenvalue weighted by molar-refractivity contribution is 0.438. The van der Waals surface area contributed by atoms with Crippen molar-refractivity contribution in [1.29, 1.82) is 0 Å². The number of thioether (sulfide) groups is 2. The van der Waals surface area contributed by atoms with Crippen LogP contribution in [0.3, 0.4) is 0 Å². The van der Waals surface area contributed by atoms with Crippen molar-refractivity contribution in [3.05, 3.63) is 34.7 Å². The first-order valence-electron chi connectivity index (χ1n) is 10.7. The Morgan fingerprint density at radius 2 is 1.50 bits per heavy atom. The Morgan fingerprint density at radius 1 is 0.964 bits per heavy atom. The summed E-state index contributed by atoms with van der Waals surface area (Å²) >= 11 is 4.12. The van der Waals surface area contributed by atoms with Gasteiger partial charge in [0, 0.05) is 47.5 Å². The van der Waals surface area contributed by atoms with Crippen LogP contribution in [-0.4, -0.2) is 54.8 Å². The van der Waals surface area contributed by atoms with E-state index in [4.69, 9.17) is 0 Å². The van der Waals surface area contributed by atoms with Gasteiger partial charge in [-0.15, -0.1) is 0 Å². The molecule has 0 heterocycles. The Labute approximate surface area is 182 Å².